The molecular formula is C45H56F4N8O7. The number of rotatable bonds is 18. The van der Waals surface area contributed by atoms with Crippen molar-refractivity contribution < 1.29 is 52.3 Å². The molecule has 1 amide bonds. The van der Waals surface area contributed by atoms with E-state index in [0.717, 1.165) is 42.4 Å². The van der Waals surface area contributed by atoms with E-state index in [-0.39, 0.29) is 52.2 Å². The smallest absolute Gasteiger partial charge is 0.416 e. The van der Waals surface area contributed by atoms with Gasteiger partial charge in [0.2, 0.25) is 17.7 Å². The summed E-state index contributed by atoms with van der Waals surface area (Å²) in [6.07, 6.45) is -1.14. The summed E-state index contributed by atoms with van der Waals surface area (Å²) in [6.45, 7) is 4.71. The maximum Gasteiger partial charge on any atom is 0.416 e. The van der Waals surface area contributed by atoms with Gasteiger partial charge in [0.25, 0.3) is 0 Å². The molecule has 64 heavy (non-hydrogen) atoms. The molecule has 1 aliphatic carbocycles. The van der Waals surface area contributed by atoms with E-state index in [1.165, 1.54) is 25.3 Å². The molecule has 0 radical (unpaired) electrons. The van der Waals surface area contributed by atoms with E-state index in [1.54, 1.807) is 37.9 Å². The predicted molar refractivity (Wildman–Crippen MR) is 234 cm³/mol. The van der Waals surface area contributed by atoms with Crippen LogP contribution in [-0.4, -0.2) is 92.1 Å². The van der Waals surface area contributed by atoms with Crippen LogP contribution in [0, 0.1) is 18.2 Å². The number of hydrogen-bond acceptors (Lipinski definition) is 13. The van der Waals surface area contributed by atoms with Crippen molar-refractivity contribution in [2.24, 2.45) is 5.41 Å². The molecular weight excluding hydrogens is 841 g/mol. The molecule has 1 saturated heterocycles. The fraction of sp³-hybridized carbons (Fsp3) is 0.489. The molecule has 0 spiro atoms. The summed E-state index contributed by atoms with van der Waals surface area (Å²) >= 11 is 0. The summed E-state index contributed by atoms with van der Waals surface area (Å²) in [6, 6.07) is 8.53. The Balaban J connectivity index is 0.886. The summed E-state index contributed by atoms with van der Waals surface area (Å²) in [5, 5.41) is 51.3. The van der Waals surface area contributed by atoms with Crippen molar-refractivity contribution in [2.45, 2.75) is 102 Å². The Morgan fingerprint density at radius 3 is 2.48 bits per heavy atom. The molecule has 5 aromatic rings. The fourth-order valence-corrected chi connectivity index (χ4v) is 8.46. The highest BCUT2D eigenvalue weighted by Gasteiger charge is 2.45. The minimum absolute atomic E-state index is 0.00397. The standard InChI is InChI=1S/C45H56F4N8O7/c1-24(26-17-27(45(47,48)49)19-28(50)18-26)52-40-30-20-35(34(63-4)21-32(30)53-25(2)54-40)64-23-44(14-15-44)22-56(3)37(59)9-7-5-6-8-16-51-31-11-10-29-38(39(31)46)43(62)57(42(29)61)33-12-13-36(58)55-41(33)60/h10-11,17-21,24,33,36,41,51,55,58,60-62H,5-9,12-16,22-23,50H2,1-4H3,(H,52,53,54)/t24-,33?,36?,41?/m1/s1. The largest absolute Gasteiger partial charge is 0.494 e. The number of ether oxygens (including phenoxy) is 2. The number of fused-ring (bicyclic) bond motifs is 2. The number of alkyl halides is 3. The van der Waals surface area contributed by atoms with E-state index >= 15 is 4.39 Å². The van der Waals surface area contributed by atoms with Gasteiger partial charge in [-0.3, -0.25) is 14.7 Å². The number of aliphatic hydroxyl groups is 2. The summed E-state index contributed by atoms with van der Waals surface area (Å²) in [5.74, 6) is 0.140. The molecule has 3 unspecified atom stereocenters. The third kappa shape index (κ3) is 10.1. The van der Waals surface area contributed by atoms with Crippen molar-refractivity contribution in [3.63, 3.8) is 0 Å². The number of aromatic nitrogens is 3. The number of piperidine rings is 1. The Morgan fingerprint density at radius 1 is 1.03 bits per heavy atom. The number of hydrogen-bond donors (Lipinski definition) is 8. The minimum Gasteiger partial charge on any atom is -0.494 e. The highest BCUT2D eigenvalue weighted by Crippen LogP contribution is 2.48. The van der Waals surface area contributed by atoms with Gasteiger partial charge in [0.1, 0.15) is 24.1 Å². The fourth-order valence-electron chi connectivity index (χ4n) is 8.46. The van der Waals surface area contributed by atoms with Gasteiger partial charge in [0.05, 0.1) is 53.3 Å². The lowest BCUT2D eigenvalue weighted by atomic mass is 10.0. The van der Waals surface area contributed by atoms with Crippen LogP contribution in [-0.2, 0) is 11.0 Å². The lowest BCUT2D eigenvalue weighted by Gasteiger charge is -2.33. The van der Waals surface area contributed by atoms with Gasteiger partial charge in [-0.15, -0.1) is 0 Å². The number of benzene rings is 3. The van der Waals surface area contributed by atoms with E-state index in [2.05, 4.69) is 25.9 Å². The molecule has 1 aliphatic heterocycles. The lowest BCUT2D eigenvalue weighted by Crippen LogP contribution is -2.47. The van der Waals surface area contributed by atoms with Crippen molar-refractivity contribution in [3.8, 4) is 23.3 Å². The number of nitrogens with one attached hydrogen (secondary N) is 3. The average Bonchev–Trinajstić information content (AvgIpc) is 3.96. The Labute approximate surface area is 367 Å². The number of carbonyl (C=O) groups excluding carboxylic acids is 1. The van der Waals surface area contributed by atoms with Crippen molar-refractivity contribution in [1.82, 2.24) is 24.8 Å². The summed E-state index contributed by atoms with van der Waals surface area (Å²) in [7, 11) is 3.31. The van der Waals surface area contributed by atoms with Crippen LogP contribution in [0.4, 0.5) is 34.8 Å². The third-order valence-electron chi connectivity index (χ3n) is 12.2. The average molecular weight is 897 g/mol. The van der Waals surface area contributed by atoms with Crippen molar-refractivity contribution in [2.75, 3.05) is 50.2 Å². The highest BCUT2D eigenvalue weighted by molar-refractivity contribution is 5.96. The Morgan fingerprint density at radius 2 is 1.78 bits per heavy atom. The number of nitrogens with two attached hydrogens (primary N) is 1. The molecule has 7 rings (SSSR count). The maximum absolute atomic E-state index is 15.6. The van der Waals surface area contributed by atoms with Gasteiger partial charge in [-0.2, -0.15) is 13.2 Å². The van der Waals surface area contributed by atoms with Crippen molar-refractivity contribution in [3.05, 3.63) is 65.2 Å². The second-order valence-electron chi connectivity index (χ2n) is 17.2. The quantitative estimate of drug-likeness (QED) is 0.0244. The zero-order chi connectivity index (χ0) is 46.1. The number of methoxy groups -OCH3 is 1. The van der Waals surface area contributed by atoms with Gasteiger partial charge < -0.3 is 51.2 Å². The zero-order valence-corrected chi connectivity index (χ0v) is 36.2. The van der Waals surface area contributed by atoms with Crippen molar-refractivity contribution in [1.29, 1.82) is 0 Å². The van der Waals surface area contributed by atoms with Gasteiger partial charge in [0.15, 0.2) is 17.3 Å². The van der Waals surface area contributed by atoms with Gasteiger partial charge >= 0.3 is 6.18 Å². The SMILES string of the molecule is COc1cc2nc(C)nc(N[C@H](C)c3cc(N)cc(C(F)(F)F)c3)c2cc1OCC1(CN(C)C(=O)CCCCCCNc2ccc3c(O)n(C4CCC(O)NC4O)c(O)c3c2F)CC1. The first-order valence-electron chi connectivity index (χ1n) is 21.5. The molecule has 3 heterocycles. The number of halogens is 4. The Hall–Kier alpha value is -5.79. The van der Waals surface area contributed by atoms with Gasteiger partial charge in [-0.1, -0.05) is 12.8 Å². The number of nitrogens with zero attached hydrogens (tertiary/aromatic N) is 4. The summed E-state index contributed by atoms with van der Waals surface area (Å²) in [5.41, 5.74) is 5.80. The van der Waals surface area contributed by atoms with Crippen LogP contribution in [0.2, 0.25) is 0 Å². The van der Waals surface area contributed by atoms with E-state index in [9.17, 15) is 38.4 Å². The summed E-state index contributed by atoms with van der Waals surface area (Å²) < 4.78 is 69.4. The van der Waals surface area contributed by atoms with E-state index in [4.69, 9.17) is 15.2 Å². The molecule has 15 nitrogen and oxygen atoms in total. The van der Waals surface area contributed by atoms with Gasteiger partial charge in [-0.05, 0) is 94.3 Å². The molecule has 0 bridgehead atoms. The number of nitrogen functional groups attached to an aromatic ring is 1. The first-order valence-corrected chi connectivity index (χ1v) is 21.5. The number of carbonyl (C=O) groups is 1. The Bertz CT molecular complexity index is 2500. The summed E-state index contributed by atoms with van der Waals surface area (Å²) in [4.78, 5) is 24.0. The van der Waals surface area contributed by atoms with Crippen molar-refractivity contribution >= 4 is 44.8 Å². The number of amides is 1. The van der Waals surface area contributed by atoms with Gasteiger partial charge in [-0.25, -0.2) is 14.4 Å². The highest BCUT2D eigenvalue weighted by atomic mass is 19.4. The number of aryl methyl sites for hydroxylation is 1. The molecule has 19 heteroatoms. The van der Waals surface area contributed by atoms with Gasteiger partial charge in [0, 0.05) is 49.1 Å². The zero-order valence-electron chi connectivity index (χ0n) is 36.2. The monoisotopic (exact) mass is 896 g/mol. The molecule has 2 fully saturated rings. The second-order valence-corrected chi connectivity index (χ2v) is 17.2. The Kier molecular flexibility index (Phi) is 13.5. The predicted octanol–water partition coefficient (Wildman–Crippen LogP) is 7.47. The maximum atomic E-state index is 15.6. The number of unbranched alkanes of at least 4 members (excludes halogenated alkanes) is 3. The number of anilines is 3. The van der Waals surface area contributed by atoms with Crippen LogP contribution in [0.15, 0.2) is 42.5 Å². The first kappa shape index (κ1) is 46.2. The normalized spacial score (nSPS) is 18.8. The number of aliphatic hydroxyl groups excluding tert-OH is 2. The molecule has 2 aliphatic rings. The molecule has 2 aromatic heterocycles. The van der Waals surface area contributed by atoms with Crippen LogP contribution in [0.3, 0.4) is 0 Å². The molecule has 1 saturated carbocycles. The van der Waals surface area contributed by atoms with Crippen LogP contribution in [0.5, 0.6) is 23.3 Å². The topological polar surface area (TPSA) is 213 Å². The lowest BCUT2D eigenvalue weighted by molar-refractivity contribution is -0.137. The van der Waals surface area contributed by atoms with E-state index < -0.39 is 48.0 Å². The molecule has 346 valence electrons. The molecule has 3 aromatic carbocycles. The van der Waals surface area contributed by atoms with Crippen LogP contribution in [0.25, 0.3) is 21.7 Å². The molecule has 4 atom stereocenters. The van der Waals surface area contributed by atoms with Crippen LogP contribution in [0.1, 0.15) is 93.7 Å². The minimum atomic E-state index is -4.55. The third-order valence-corrected chi connectivity index (χ3v) is 12.2. The van der Waals surface area contributed by atoms with E-state index in [0.29, 0.717) is 78.6 Å². The first-order chi connectivity index (χ1) is 30.4. The second kappa shape index (κ2) is 18.7. The van der Waals surface area contributed by atoms with Crippen LogP contribution >= 0.6 is 0 Å². The van der Waals surface area contributed by atoms with Crippen LogP contribution < -0.4 is 31.2 Å². The van der Waals surface area contributed by atoms with E-state index in [1.807, 2.05) is 0 Å². The number of aromatic hydroxyl groups is 2. The molecule has 9 N–H and O–H groups in total.